The fraction of sp³-hybridized carbons (Fsp3) is 0.538. The van der Waals surface area contributed by atoms with Crippen molar-refractivity contribution in [3.8, 4) is 0 Å². The van der Waals surface area contributed by atoms with Crippen molar-refractivity contribution in [2.24, 2.45) is 5.41 Å². The molecule has 1 aromatic rings. The summed E-state index contributed by atoms with van der Waals surface area (Å²) in [6.45, 7) is 1.57. The number of aliphatic hydroxyl groups is 1. The van der Waals surface area contributed by atoms with Gasteiger partial charge in [-0.05, 0) is 37.4 Å². The van der Waals surface area contributed by atoms with Gasteiger partial charge in [0.05, 0.1) is 6.61 Å². The average Bonchev–Trinajstić information content (AvgIpc) is 2.36. The second-order valence-corrected chi connectivity index (χ2v) is 4.83. The minimum absolute atomic E-state index is 0.00401. The van der Waals surface area contributed by atoms with Crippen molar-refractivity contribution in [2.45, 2.75) is 19.3 Å². The zero-order chi connectivity index (χ0) is 12.3. The Balaban J connectivity index is 2.20. The molecule has 1 unspecified atom stereocenters. The number of hydrogen-bond donors (Lipinski definition) is 2. The minimum Gasteiger partial charge on any atom is -0.396 e. The lowest BCUT2D eigenvalue weighted by Crippen LogP contribution is -2.44. The normalized spacial score (nSPS) is 24.9. The van der Waals surface area contributed by atoms with E-state index in [1.807, 2.05) is 0 Å². The molecule has 0 aromatic heterocycles. The Kier molecular flexibility index (Phi) is 3.74. The van der Waals surface area contributed by atoms with Crippen molar-refractivity contribution in [2.75, 3.05) is 19.7 Å². The molecular weight excluding hydrogens is 224 g/mol. The van der Waals surface area contributed by atoms with E-state index >= 15 is 0 Å². The number of benzene rings is 1. The lowest BCUT2D eigenvalue weighted by molar-refractivity contribution is 0.0937. The fourth-order valence-electron chi connectivity index (χ4n) is 2.46. The topological polar surface area (TPSA) is 32.3 Å². The van der Waals surface area contributed by atoms with Gasteiger partial charge in [0, 0.05) is 12.0 Å². The van der Waals surface area contributed by atoms with Gasteiger partial charge in [-0.3, -0.25) is 0 Å². The van der Waals surface area contributed by atoms with Crippen LogP contribution >= 0.6 is 0 Å². The summed E-state index contributed by atoms with van der Waals surface area (Å²) >= 11 is 0. The third-order valence-electron chi connectivity index (χ3n) is 3.49. The first-order chi connectivity index (χ1) is 8.17. The molecule has 1 fully saturated rings. The third kappa shape index (κ3) is 2.64. The van der Waals surface area contributed by atoms with Crippen molar-refractivity contribution in [3.63, 3.8) is 0 Å². The fourth-order valence-corrected chi connectivity index (χ4v) is 2.46. The largest absolute Gasteiger partial charge is 0.396 e. The minimum atomic E-state index is -0.820. The maximum atomic E-state index is 13.6. The predicted octanol–water partition coefficient (Wildman–Crippen LogP) is 1.87. The van der Waals surface area contributed by atoms with Crippen molar-refractivity contribution in [3.05, 3.63) is 35.4 Å². The summed E-state index contributed by atoms with van der Waals surface area (Å²) in [4.78, 5) is 0. The van der Waals surface area contributed by atoms with Crippen LogP contribution in [0.4, 0.5) is 8.78 Å². The van der Waals surface area contributed by atoms with Gasteiger partial charge in [0.2, 0.25) is 0 Å². The highest BCUT2D eigenvalue weighted by molar-refractivity contribution is 5.21. The predicted molar refractivity (Wildman–Crippen MR) is 61.7 cm³/mol. The van der Waals surface area contributed by atoms with Crippen LogP contribution in [0.3, 0.4) is 0 Å². The molecule has 1 saturated heterocycles. The second kappa shape index (κ2) is 5.10. The summed E-state index contributed by atoms with van der Waals surface area (Å²) in [6, 6.07) is 4.21. The summed E-state index contributed by atoms with van der Waals surface area (Å²) in [5.41, 5.74) is -0.00451. The number of nitrogens with one attached hydrogen (secondary N) is 1. The first kappa shape index (κ1) is 12.5. The summed E-state index contributed by atoms with van der Waals surface area (Å²) in [6.07, 6.45) is 2.17. The molecular formula is C13H17F2NO. The summed E-state index contributed by atoms with van der Waals surface area (Å²) in [5.74, 6) is -1.61. The van der Waals surface area contributed by atoms with Crippen LogP contribution in [0.25, 0.3) is 0 Å². The van der Waals surface area contributed by atoms with Gasteiger partial charge >= 0.3 is 0 Å². The van der Waals surface area contributed by atoms with Crippen LogP contribution in [0.1, 0.15) is 18.4 Å². The molecule has 1 heterocycles. The van der Waals surface area contributed by atoms with Gasteiger partial charge in [0.25, 0.3) is 0 Å². The van der Waals surface area contributed by atoms with Gasteiger partial charge in [0.15, 0.2) is 11.6 Å². The molecule has 2 N–H and O–H groups in total. The van der Waals surface area contributed by atoms with Crippen LogP contribution in [0, 0.1) is 17.0 Å². The number of hydrogen-bond acceptors (Lipinski definition) is 2. The molecule has 2 rings (SSSR count). The Labute approximate surface area is 99.7 Å². The molecule has 0 amide bonds. The van der Waals surface area contributed by atoms with Crippen molar-refractivity contribution < 1.29 is 13.9 Å². The van der Waals surface area contributed by atoms with Crippen LogP contribution in [0.2, 0.25) is 0 Å². The number of halogens is 2. The zero-order valence-corrected chi connectivity index (χ0v) is 9.68. The molecule has 1 aliphatic heterocycles. The molecule has 1 aliphatic rings. The van der Waals surface area contributed by atoms with Crippen LogP contribution in [0.5, 0.6) is 0 Å². The van der Waals surface area contributed by atoms with Gasteiger partial charge < -0.3 is 10.4 Å². The highest BCUT2D eigenvalue weighted by atomic mass is 19.2. The maximum absolute atomic E-state index is 13.6. The molecule has 0 bridgehead atoms. The van der Waals surface area contributed by atoms with E-state index in [-0.39, 0.29) is 12.0 Å². The van der Waals surface area contributed by atoms with E-state index < -0.39 is 11.6 Å². The Bertz CT molecular complexity index is 389. The molecule has 0 saturated carbocycles. The lowest BCUT2D eigenvalue weighted by atomic mass is 9.76. The number of rotatable bonds is 3. The molecule has 17 heavy (non-hydrogen) atoms. The van der Waals surface area contributed by atoms with Crippen molar-refractivity contribution >= 4 is 0 Å². The van der Waals surface area contributed by atoms with E-state index in [2.05, 4.69) is 5.32 Å². The highest BCUT2D eigenvalue weighted by Crippen LogP contribution is 2.31. The van der Waals surface area contributed by atoms with E-state index in [0.29, 0.717) is 18.5 Å². The SMILES string of the molecule is OCC1(Cc2cccc(F)c2F)CCCNC1. The summed E-state index contributed by atoms with van der Waals surface area (Å²) in [5, 5.41) is 12.7. The van der Waals surface area contributed by atoms with Gasteiger partial charge in [-0.25, -0.2) is 8.78 Å². The molecule has 0 spiro atoms. The standard InChI is InChI=1S/C13H17F2NO/c14-11-4-1-3-10(12(11)15)7-13(9-17)5-2-6-16-8-13/h1,3-4,16-17H,2,5-9H2. The average molecular weight is 241 g/mol. The molecule has 2 nitrogen and oxygen atoms in total. The van der Waals surface area contributed by atoms with E-state index in [0.717, 1.165) is 25.5 Å². The van der Waals surface area contributed by atoms with Crippen molar-refractivity contribution in [1.29, 1.82) is 0 Å². The van der Waals surface area contributed by atoms with Gasteiger partial charge in [-0.1, -0.05) is 12.1 Å². The number of piperidine rings is 1. The first-order valence-corrected chi connectivity index (χ1v) is 5.91. The summed E-state index contributed by atoms with van der Waals surface area (Å²) in [7, 11) is 0. The van der Waals surface area contributed by atoms with Crippen LogP contribution in [-0.4, -0.2) is 24.8 Å². The zero-order valence-electron chi connectivity index (χ0n) is 9.68. The second-order valence-electron chi connectivity index (χ2n) is 4.83. The Morgan fingerprint density at radius 1 is 1.35 bits per heavy atom. The molecule has 1 atom stereocenters. The summed E-state index contributed by atoms with van der Waals surface area (Å²) < 4.78 is 26.7. The first-order valence-electron chi connectivity index (χ1n) is 5.91. The Morgan fingerprint density at radius 2 is 2.18 bits per heavy atom. The highest BCUT2D eigenvalue weighted by Gasteiger charge is 2.32. The van der Waals surface area contributed by atoms with Crippen LogP contribution in [-0.2, 0) is 6.42 Å². The van der Waals surface area contributed by atoms with Gasteiger partial charge in [-0.2, -0.15) is 0 Å². The molecule has 0 radical (unpaired) electrons. The third-order valence-corrected chi connectivity index (χ3v) is 3.49. The monoisotopic (exact) mass is 241 g/mol. The molecule has 94 valence electrons. The van der Waals surface area contributed by atoms with Crippen molar-refractivity contribution in [1.82, 2.24) is 5.32 Å². The van der Waals surface area contributed by atoms with Gasteiger partial charge in [0.1, 0.15) is 0 Å². The molecule has 1 aromatic carbocycles. The number of aliphatic hydroxyl groups excluding tert-OH is 1. The van der Waals surface area contributed by atoms with Crippen LogP contribution in [0.15, 0.2) is 18.2 Å². The Hall–Kier alpha value is -1.00. The van der Waals surface area contributed by atoms with Gasteiger partial charge in [-0.15, -0.1) is 0 Å². The Morgan fingerprint density at radius 3 is 2.82 bits per heavy atom. The quantitative estimate of drug-likeness (QED) is 0.846. The lowest BCUT2D eigenvalue weighted by Gasteiger charge is -2.36. The van der Waals surface area contributed by atoms with E-state index in [9.17, 15) is 13.9 Å². The van der Waals surface area contributed by atoms with E-state index in [4.69, 9.17) is 0 Å². The molecule has 4 heteroatoms. The van der Waals surface area contributed by atoms with E-state index in [1.54, 1.807) is 6.07 Å². The van der Waals surface area contributed by atoms with E-state index in [1.165, 1.54) is 6.07 Å². The smallest absolute Gasteiger partial charge is 0.162 e. The molecule has 0 aliphatic carbocycles. The maximum Gasteiger partial charge on any atom is 0.162 e. The van der Waals surface area contributed by atoms with Crippen LogP contribution < -0.4 is 5.32 Å².